The van der Waals surface area contributed by atoms with E-state index in [-0.39, 0.29) is 30.3 Å². The van der Waals surface area contributed by atoms with E-state index in [1.54, 1.807) is 11.3 Å². The summed E-state index contributed by atoms with van der Waals surface area (Å²) in [5.41, 5.74) is 1.11. The Labute approximate surface area is 169 Å². The highest BCUT2D eigenvalue weighted by Crippen LogP contribution is 2.29. The largest absolute Gasteiger partial charge is 0.325 e. The second-order valence-electron chi connectivity index (χ2n) is 8.06. The Balaban J connectivity index is 1.35. The number of amides is 4. The van der Waals surface area contributed by atoms with Gasteiger partial charge in [0.25, 0.3) is 5.91 Å². The average Bonchev–Trinajstić information content (AvgIpc) is 3.15. The lowest BCUT2D eigenvalue weighted by Crippen LogP contribution is -2.42. The maximum absolute atomic E-state index is 12.7. The first-order valence-corrected chi connectivity index (χ1v) is 11.4. The van der Waals surface area contributed by atoms with Gasteiger partial charge in [0.1, 0.15) is 6.04 Å². The maximum atomic E-state index is 12.7. The molecule has 7 nitrogen and oxygen atoms in total. The van der Waals surface area contributed by atoms with E-state index >= 15 is 0 Å². The minimum Gasteiger partial charge on any atom is -0.325 e. The molecule has 2 fully saturated rings. The number of carbonyl (C=O) groups excluding carboxylic acids is 3. The molecule has 3 aliphatic rings. The molecule has 0 bridgehead atoms. The summed E-state index contributed by atoms with van der Waals surface area (Å²) >= 11 is 1.54. The standard InChI is InChI=1S/C20H28N4O3S/c25-17(23-19-21-14-10-6-1-2-7-11-16(14)28-19)12-15-18(26)24(20(27)22-15)13-8-4-3-5-9-13/h13,15H,1-12H2,(H,22,27)(H,21,23,25)/t15-/m0/s1. The van der Waals surface area contributed by atoms with Gasteiger partial charge in [0, 0.05) is 10.9 Å². The van der Waals surface area contributed by atoms with Gasteiger partial charge in [-0.3, -0.25) is 14.5 Å². The number of imide groups is 1. The van der Waals surface area contributed by atoms with Gasteiger partial charge in [0.2, 0.25) is 5.91 Å². The molecule has 2 heterocycles. The van der Waals surface area contributed by atoms with E-state index in [2.05, 4.69) is 15.6 Å². The first-order chi connectivity index (χ1) is 13.6. The van der Waals surface area contributed by atoms with Crippen LogP contribution in [0.15, 0.2) is 0 Å². The highest BCUT2D eigenvalue weighted by atomic mass is 32.1. The Bertz CT molecular complexity index is 731. The Morgan fingerprint density at radius 2 is 1.79 bits per heavy atom. The number of nitrogens with one attached hydrogen (secondary N) is 2. The molecule has 0 spiro atoms. The van der Waals surface area contributed by atoms with Crippen LogP contribution in [0.4, 0.5) is 9.93 Å². The fraction of sp³-hybridized carbons (Fsp3) is 0.700. The summed E-state index contributed by atoms with van der Waals surface area (Å²) in [6.45, 7) is 0. The van der Waals surface area contributed by atoms with Gasteiger partial charge >= 0.3 is 6.03 Å². The number of hydrogen-bond donors (Lipinski definition) is 2. The Morgan fingerprint density at radius 1 is 1.07 bits per heavy atom. The van der Waals surface area contributed by atoms with Gasteiger partial charge in [0.15, 0.2) is 5.13 Å². The Hall–Kier alpha value is -1.96. The lowest BCUT2D eigenvalue weighted by molar-refractivity contribution is -0.131. The molecule has 1 aromatic heterocycles. The molecule has 4 rings (SSSR count). The van der Waals surface area contributed by atoms with Crippen molar-refractivity contribution in [1.29, 1.82) is 0 Å². The average molecular weight is 405 g/mol. The highest BCUT2D eigenvalue weighted by molar-refractivity contribution is 7.15. The zero-order chi connectivity index (χ0) is 19.5. The van der Waals surface area contributed by atoms with Gasteiger partial charge in [-0.25, -0.2) is 9.78 Å². The maximum Gasteiger partial charge on any atom is 0.325 e. The van der Waals surface area contributed by atoms with Gasteiger partial charge in [0.05, 0.1) is 12.1 Å². The van der Waals surface area contributed by atoms with Crippen molar-refractivity contribution in [2.45, 2.75) is 89.1 Å². The summed E-state index contributed by atoms with van der Waals surface area (Å²) in [5.74, 6) is -0.538. The van der Waals surface area contributed by atoms with Crippen LogP contribution in [0.25, 0.3) is 0 Å². The normalized spacial score (nSPS) is 23.7. The summed E-state index contributed by atoms with van der Waals surface area (Å²) in [6.07, 6.45) is 11.7. The third-order valence-electron chi connectivity index (χ3n) is 5.97. The van der Waals surface area contributed by atoms with Crippen LogP contribution in [0.3, 0.4) is 0 Å². The number of aromatic nitrogens is 1. The quantitative estimate of drug-likeness (QED) is 0.753. The number of fused-ring (bicyclic) bond motifs is 1. The van der Waals surface area contributed by atoms with Gasteiger partial charge in [-0.1, -0.05) is 32.1 Å². The van der Waals surface area contributed by atoms with Gasteiger partial charge in [-0.05, 0) is 38.5 Å². The minimum absolute atomic E-state index is 0.0205. The van der Waals surface area contributed by atoms with E-state index in [0.717, 1.165) is 57.1 Å². The van der Waals surface area contributed by atoms with E-state index in [4.69, 9.17) is 0 Å². The van der Waals surface area contributed by atoms with Gasteiger partial charge in [-0.2, -0.15) is 0 Å². The molecule has 0 unspecified atom stereocenters. The number of aryl methyl sites for hydroxylation is 2. The van der Waals surface area contributed by atoms with Crippen LogP contribution in [-0.4, -0.2) is 39.8 Å². The summed E-state index contributed by atoms with van der Waals surface area (Å²) in [7, 11) is 0. The van der Waals surface area contributed by atoms with Crippen molar-refractivity contribution in [3.63, 3.8) is 0 Å². The van der Waals surface area contributed by atoms with Crippen molar-refractivity contribution in [2.24, 2.45) is 0 Å². The fourth-order valence-electron chi connectivity index (χ4n) is 4.49. The smallest absolute Gasteiger partial charge is 0.325 e. The number of nitrogens with zero attached hydrogens (tertiary/aromatic N) is 2. The van der Waals surface area contributed by atoms with E-state index in [1.165, 1.54) is 29.0 Å². The van der Waals surface area contributed by atoms with Crippen LogP contribution in [0.1, 0.15) is 74.8 Å². The van der Waals surface area contributed by atoms with Crippen molar-refractivity contribution in [2.75, 3.05) is 5.32 Å². The molecule has 1 aliphatic heterocycles. The van der Waals surface area contributed by atoms with Crippen molar-refractivity contribution >= 4 is 34.3 Å². The van der Waals surface area contributed by atoms with Crippen molar-refractivity contribution < 1.29 is 14.4 Å². The van der Waals surface area contributed by atoms with E-state index in [0.29, 0.717) is 5.13 Å². The molecule has 8 heteroatoms. The molecule has 152 valence electrons. The first-order valence-electron chi connectivity index (χ1n) is 10.5. The Kier molecular flexibility index (Phi) is 5.94. The molecule has 1 saturated heterocycles. The first kappa shape index (κ1) is 19.4. The molecule has 28 heavy (non-hydrogen) atoms. The monoisotopic (exact) mass is 404 g/mol. The number of anilines is 1. The second kappa shape index (κ2) is 8.59. The summed E-state index contributed by atoms with van der Waals surface area (Å²) in [6, 6.07) is -1.14. The molecule has 1 atom stereocenters. The fourth-order valence-corrected chi connectivity index (χ4v) is 5.55. The third-order valence-corrected chi connectivity index (χ3v) is 7.05. The minimum atomic E-state index is -0.768. The van der Waals surface area contributed by atoms with Crippen molar-refractivity contribution in [3.05, 3.63) is 10.6 Å². The van der Waals surface area contributed by atoms with E-state index < -0.39 is 6.04 Å². The van der Waals surface area contributed by atoms with Crippen LogP contribution in [0.5, 0.6) is 0 Å². The number of rotatable bonds is 4. The topological polar surface area (TPSA) is 91.4 Å². The van der Waals surface area contributed by atoms with Crippen molar-refractivity contribution in [1.82, 2.24) is 15.2 Å². The van der Waals surface area contributed by atoms with Crippen LogP contribution < -0.4 is 10.6 Å². The lowest BCUT2D eigenvalue weighted by atomic mass is 9.94. The molecule has 1 aromatic rings. The van der Waals surface area contributed by atoms with Crippen molar-refractivity contribution in [3.8, 4) is 0 Å². The van der Waals surface area contributed by atoms with Crippen LogP contribution in [-0.2, 0) is 22.4 Å². The zero-order valence-corrected chi connectivity index (χ0v) is 17.0. The SMILES string of the molecule is O=C(C[C@@H]1NC(=O)N(C2CCCCC2)C1=O)Nc1nc2c(s1)CCCCCC2. The zero-order valence-electron chi connectivity index (χ0n) is 16.2. The number of urea groups is 1. The summed E-state index contributed by atoms with van der Waals surface area (Å²) in [4.78, 5) is 44.7. The lowest BCUT2D eigenvalue weighted by Gasteiger charge is -2.28. The van der Waals surface area contributed by atoms with Gasteiger partial charge < -0.3 is 10.6 Å². The molecule has 0 radical (unpaired) electrons. The van der Waals surface area contributed by atoms with Gasteiger partial charge in [-0.15, -0.1) is 11.3 Å². The van der Waals surface area contributed by atoms with Crippen LogP contribution >= 0.6 is 11.3 Å². The van der Waals surface area contributed by atoms with E-state index in [9.17, 15) is 14.4 Å². The number of carbonyl (C=O) groups is 3. The highest BCUT2D eigenvalue weighted by Gasteiger charge is 2.42. The molecule has 4 amide bonds. The third kappa shape index (κ3) is 4.21. The second-order valence-corrected chi connectivity index (χ2v) is 9.14. The molecular weight excluding hydrogens is 376 g/mol. The Morgan fingerprint density at radius 3 is 2.57 bits per heavy atom. The number of hydrogen-bond acceptors (Lipinski definition) is 5. The molecular formula is C20H28N4O3S. The summed E-state index contributed by atoms with van der Waals surface area (Å²) in [5, 5.41) is 6.14. The molecule has 2 aliphatic carbocycles. The van der Waals surface area contributed by atoms with E-state index in [1.807, 2.05) is 0 Å². The van der Waals surface area contributed by atoms with Crippen LogP contribution in [0, 0.1) is 0 Å². The number of thiazole rings is 1. The molecule has 2 N–H and O–H groups in total. The predicted octanol–water partition coefficient (Wildman–Crippen LogP) is 3.38. The van der Waals surface area contributed by atoms with Crippen LogP contribution in [0.2, 0.25) is 0 Å². The predicted molar refractivity (Wildman–Crippen MR) is 107 cm³/mol. The molecule has 0 aromatic carbocycles. The summed E-state index contributed by atoms with van der Waals surface area (Å²) < 4.78 is 0. The molecule has 1 saturated carbocycles.